The molecule has 1 fully saturated rings. The predicted octanol–water partition coefficient (Wildman–Crippen LogP) is -0.195. The van der Waals surface area contributed by atoms with Gasteiger partial charge in [0.05, 0.1) is 5.69 Å². The maximum Gasteiger partial charge on any atom is 0.0901 e. The van der Waals surface area contributed by atoms with Crippen molar-refractivity contribution in [2.24, 2.45) is 12.8 Å². The second-order valence-corrected chi connectivity index (χ2v) is 3.26. The number of nitrogens with zero attached hydrogens (tertiary/aromatic N) is 3. The summed E-state index contributed by atoms with van der Waals surface area (Å²) in [6, 6.07) is 0. The van der Waals surface area contributed by atoms with Gasteiger partial charge >= 0.3 is 0 Å². The Kier molecular flexibility index (Phi) is 1.26. The summed E-state index contributed by atoms with van der Waals surface area (Å²) in [6.45, 7) is 0.700. The topological polar surface area (TPSA) is 56.7 Å². The Balaban J connectivity index is 2.29. The molecular formula is C7H12N4. The Bertz CT molecular complexity index is 261. The summed E-state index contributed by atoms with van der Waals surface area (Å²) in [7, 11) is 1.88. The van der Waals surface area contributed by atoms with Gasteiger partial charge in [0, 0.05) is 25.2 Å². The Labute approximate surface area is 65.4 Å². The van der Waals surface area contributed by atoms with Gasteiger partial charge in [0.1, 0.15) is 0 Å². The van der Waals surface area contributed by atoms with Crippen molar-refractivity contribution in [3.05, 3.63) is 11.9 Å². The molecule has 1 heterocycles. The van der Waals surface area contributed by atoms with E-state index in [4.69, 9.17) is 5.73 Å². The van der Waals surface area contributed by atoms with Crippen LogP contribution in [-0.2, 0) is 12.5 Å². The maximum atomic E-state index is 5.63. The van der Waals surface area contributed by atoms with Gasteiger partial charge in [0.15, 0.2) is 0 Å². The number of aryl methyl sites for hydroxylation is 1. The van der Waals surface area contributed by atoms with Crippen molar-refractivity contribution in [1.82, 2.24) is 15.0 Å². The van der Waals surface area contributed by atoms with Crippen LogP contribution >= 0.6 is 0 Å². The summed E-state index contributed by atoms with van der Waals surface area (Å²) in [6.07, 6.45) is 4.30. The predicted molar refractivity (Wildman–Crippen MR) is 41.0 cm³/mol. The zero-order valence-electron chi connectivity index (χ0n) is 6.62. The van der Waals surface area contributed by atoms with E-state index in [2.05, 4.69) is 10.3 Å². The molecule has 0 aromatic carbocycles. The molecule has 4 heteroatoms. The van der Waals surface area contributed by atoms with Crippen molar-refractivity contribution in [3.8, 4) is 0 Å². The van der Waals surface area contributed by atoms with Gasteiger partial charge < -0.3 is 5.73 Å². The fourth-order valence-corrected chi connectivity index (χ4v) is 1.31. The van der Waals surface area contributed by atoms with Gasteiger partial charge in [0.2, 0.25) is 0 Å². The first-order valence-electron chi connectivity index (χ1n) is 3.84. The molecule has 0 aliphatic heterocycles. The number of hydrogen-bond acceptors (Lipinski definition) is 3. The molecule has 0 atom stereocenters. The maximum absolute atomic E-state index is 5.63. The highest BCUT2D eigenvalue weighted by molar-refractivity contribution is 5.21. The van der Waals surface area contributed by atoms with E-state index in [1.165, 1.54) is 12.8 Å². The average molecular weight is 152 g/mol. The Hall–Kier alpha value is -0.900. The van der Waals surface area contributed by atoms with Crippen LogP contribution in [0.3, 0.4) is 0 Å². The first-order valence-corrected chi connectivity index (χ1v) is 3.84. The van der Waals surface area contributed by atoms with E-state index in [0.717, 1.165) is 5.69 Å². The van der Waals surface area contributed by atoms with E-state index < -0.39 is 0 Å². The Morgan fingerprint density at radius 1 is 1.73 bits per heavy atom. The molecule has 60 valence electrons. The zero-order chi connectivity index (χ0) is 7.90. The van der Waals surface area contributed by atoms with Gasteiger partial charge in [-0.15, -0.1) is 5.10 Å². The largest absolute Gasteiger partial charge is 0.330 e. The van der Waals surface area contributed by atoms with Crippen molar-refractivity contribution in [3.63, 3.8) is 0 Å². The van der Waals surface area contributed by atoms with Gasteiger partial charge in [-0.2, -0.15) is 0 Å². The minimum atomic E-state index is 0.189. The highest BCUT2D eigenvalue weighted by Crippen LogP contribution is 2.45. The van der Waals surface area contributed by atoms with Crippen LogP contribution in [0.5, 0.6) is 0 Å². The lowest BCUT2D eigenvalue weighted by molar-refractivity contribution is 0.669. The van der Waals surface area contributed by atoms with Gasteiger partial charge in [-0.05, 0) is 12.8 Å². The molecule has 1 aromatic rings. The third-order valence-corrected chi connectivity index (χ3v) is 2.39. The third-order valence-electron chi connectivity index (χ3n) is 2.39. The standard InChI is InChI=1S/C7H12N4/c1-11-4-6(9-10-11)7(5-8)2-3-7/h4H,2-3,5,8H2,1H3. The molecule has 0 unspecified atom stereocenters. The average Bonchev–Trinajstić information content (AvgIpc) is 2.70. The monoisotopic (exact) mass is 152 g/mol. The normalized spacial score (nSPS) is 20.2. The molecule has 0 radical (unpaired) electrons. The summed E-state index contributed by atoms with van der Waals surface area (Å²) in [5, 5.41) is 7.94. The highest BCUT2D eigenvalue weighted by atomic mass is 15.4. The zero-order valence-corrected chi connectivity index (χ0v) is 6.62. The van der Waals surface area contributed by atoms with E-state index in [1.807, 2.05) is 13.2 Å². The van der Waals surface area contributed by atoms with E-state index >= 15 is 0 Å². The molecule has 0 bridgehead atoms. The SMILES string of the molecule is Cn1cc(C2(CN)CC2)nn1. The molecule has 0 saturated heterocycles. The summed E-state index contributed by atoms with van der Waals surface area (Å²) in [5.41, 5.74) is 6.88. The molecular weight excluding hydrogens is 140 g/mol. The van der Waals surface area contributed by atoms with Crippen molar-refractivity contribution in [2.45, 2.75) is 18.3 Å². The molecule has 1 aromatic heterocycles. The number of rotatable bonds is 2. The molecule has 4 nitrogen and oxygen atoms in total. The summed E-state index contributed by atoms with van der Waals surface area (Å²) in [4.78, 5) is 0. The van der Waals surface area contributed by atoms with Crippen LogP contribution in [0.4, 0.5) is 0 Å². The fraction of sp³-hybridized carbons (Fsp3) is 0.714. The Morgan fingerprint density at radius 3 is 2.82 bits per heavy atom. The first kappa shape index (κ1) is 6.79. The minimum Gasteiger partial charge on any atom is -0.330 e. The van der Waals surface area contributed by atoms with Crippen LogP contribution in [-0.4, -0.2) is 21.5 Å². The van der Waals surface area contributed by atoms with Crippen molar-refractivity contribution in [2.75, 3.05) is 6.54 Å². The van der Waals surface area contributed by atoms with E-state index in [1.54, 1.807) is 4.68 Å². The quantitative estimate of drug-likeness (QED) is 0.638. The molecule has 2 rings (SSSR count). The van der Waals surface area contributed by atoms with Gasteiger partial charge in [0.25, 0.3) is 0 Å². The smallest absolute Gasteiger partial charge is 0.0901 e. The summed E-state index contributed by atoms with van der Waals surface area (Å²) in [5.74, 6) is 0. The van der Waals surface area contributed by atoms with E-state index in [-0.39, 0.29) is 5.41 Å². The molecule has 11 heavy (non-hydrogen) atoms. The molecule has 2 N–H and O–H groups in total. The lowest BCUT2D eigenvalue weighted by Crippen LogP contribution is -2.20. The lowest BCUT2D eigenvalue weighted by atomic mass is 10.0. The fourth-order valence-electron chi connectivity index (χ4n) is 1.31. The van der Waals surface area contributed by atoms with Crippen molar-refractivity contribution in [1.29, 1.82) is 0 Å². The van der Waals surface area contributed by atoms with Crippen LogP contribution in [0.25, 0.3) is 0 Å². The van der Waals surface area contributed by atoms with Gasteiger partial charge in [-0.3, -0.25) is 4.68 Å². The van der Waals surface area contributed by atoms with Crippen molar-refractivity contribution < 1.29 is 0 Å². The first-order chi connectivity index (χ1) is 5.27. The van der Waals surface area contributed by atoms with Crippen LogP contribution in [0.1, 0.15) is 18.5 Å². The van der Waals surface area contributed by atoms with Crippen LogP contribution < -0.4 is 5.73 Å². The third kappa shape index (κ3) is 0.939. The molecule has 0 spiro atoms. The van der Waals surface area contributed by atoms with Crippen molar-refractivity contribution >= 4 is 0 Å². The van der Waals surface area contributed by atoms with E-state index in [0.29, 0.717) is 6.54 Å². The second-order valence-electron chi connectivity index (χ2n) is 3.26. The van der Waals surface area contributed by atoms with Crippen LogP contribution in [0, 0.1) is 0 Å². The Morgan fingerprint density at radius 2 is 2.45 bits per heavy atom. The summed E-state index contributed by atoms with van der Waals surface area (Å²) < 4.78 is 1.73. The molecule has 1 aliphatic rings. The van der Waals surface area contributed by atoms with Gasteiger partial charge in [-0.1, -0.05) is 5.21 Å². The van der Waals surface area contributed by atoms with E-state index in [9.17, 15) is 0 Å². The summed E-state index contributed by atoms with van der Waals surface area (Å²) >= 11 is 0. The number of hydrogen-bond donors (Lipinski definition) is 1. The molecule has 0 amide bonds. The highest BCUT2D eigenvalue weighted by Gasteiger charge is 2.45. The second kappa shape index (κ2) is 2.04. The number of aromatic nitrogens is 3. The molecule has 1 aliphatic carbocycles. The lowest BCUT2D eigenvalue weighted by Gasteiger charge is -2.05. The molecule has 1 saturated carbocycles. The van der Waals surface area contributed by atoms with Crippen LogP contribution in [0.2, 0.25) is 0 Å². The van der Waals surface area contributed by atoms with Gasteiger partial charge in [-0.25, -0.2) is 0 Å². The van der Waals surface area contributed by atoms with Crippen LogP contribution in [0.15, 0.2) is 6.20 Å². The number of nitrogens with two attached hydrogens (primary N) is 1. The minimum absolute atomic E-state index is 0.189.